The van der Waals surface area contributed by atoms with Crippen LogP contribution in [0, 0.1) is 0 Å². The fourth-order valence-electron chi connectivity index (χ4n) is 1.92. The van der Waals surface area contributed by atoms with Crippen LogP contribution >= 0.6 is 11.6 Å². The average Bonchev–Trinajstić information content (AvgIpc) is 2.31. The molecule has 1 atom stereocenters. The molecule has 0 heterocycles. The summed E-state index contributed by atoms with van der Waals surface area (Å²) in [5, 5.41) is 0.110. The predicted octanol–water partition coefficient (Wildman–Crippen LogP) is 4.09. The SMILES string of the molecule is CCCN(CCC)CC(Cl)c1ccccc1. The summed E-state index contributed by atoms with van der Waals surface area (Å²) in [4.78, 5) is 2.45. The summed E-state index contributed by atoms with van der Waals surface area (Å²) < 4.78 is 0. The molecule has 0 spiro atoms. The lowest BCUT2D eigenvalue weighted by atomic mass is 10.1. The molecule has 2 heteroatoms. The van der Waals surface area contributed by atoms with Crippen molar-refractivity contribution in [2.24, 2.45) is 0 Å². The monoisotopic (exact) mass is 239 g/mol. The van der Waals surface area contributed by atoms with Crippen LogP contribution in [0.2, 0.25) is 0 Å². The van der Waals surface area contributed by atoms with Crippen LogP contribution in [0.5, 0.6) is 0 Å². The third-order valence-corrected chi connectivity index (χ3v) is 3.05. The second kappa shape index (κ2) is 7.70. The predicted molar refractivity (Wildman–Crippen MR) is 72.1 cm³/mol. The Balaban J connectivity index is 2.50. The Bertz CT molecular complexity index is 267. The van der Waals surface area contributed by atoms with E-state index in [0.717, 1.165) is 19.6 Å². The van der Waals surface area contributed by atoms with Crippen molar-refractivity contribution in [3.05, 3.63) is 35.9 Å². The number of hydrogen-bond acceptors (Lipinski definition) is 1. The van der Waals surface area contributed by atoms with E-state index in [4.69, 9.17) is 11.6 Å². The maximum Gasteiger partial charge on any atom is 0.0712 e. The van der Waals surface area contributed by atoms with Gasteiger partial charge in [-0.2, -0.15) is 0 Å². The quantitative estimate of drug-likeness (QED) is 0.648. The first kappa shape index (κ1) is 13.5. The van der Waals surface area contributed by atoms with Gasteiger partial charge in [0.2, 0.25) is 0 Å². The van der Waals surface area contributed by atoms with E-state index in [2.05, 4.69) is 43.0 Å². The number of alkyl halides is 1. The molecule has 0 aliphatic rings. The van der Waals surface area contributed by atoms with Crippen molar-refractivity contribution in [2.75, 3.05) is 19.6 Å². The fourth-order valence-corrected chi connectivity index (χ4v) is 2.26. The zero-order valence-corrected chi connectivity index (χ0v) is 11.1. The Kier molecular flexibility index (Phi) is 6.51. The van der Waals surface area contributed by atoms with E-state index in [0.29, 0.717) is 0 Å². The van der Waals surface area contributed by atoms with Crippen LogP contribution in [0.3, 0.4) is 0 Å². The van der Waals surface area contributed by atoms with Gasteiger partial charge in [0.1, 0.15) is 0 Å². The number of benzene rings is 1. The number of halogens is 1. The van der Waals surface area contributed by atoms with E-state index in [1.807, 2.05) is 6.07 Å². The fraction of sp³-hybridized carbons (Fsp3) is 0.571. The highest BCUT2D eigenvalue weighted by Gasteiger charge is 2.12. The topological polar surface area (TPSA) is 3.24 Å². The molecule has 0 bridgehead atoms. The number of rotatable bonds is 7. The van der Waals surface area contributed by atoms with Crippen LogP contribution in [0.1, 0.15) is 37.6 Å². The van der Waals surface area contributed by atoms with E-state index in [1.165, 1.54) is 18.4 Å². The Labute approximate surface area is 104 Å². The molecule has 1 aromatic carbocycles. The number of nitrogens with zero attached hydrogens (tertiary/aromatic N) is 1. The molecule has 16 heavy (non-hydrogen) atoms. The molecule has 0 aliphatic heterocycles. The van der Waals surface area contributed by atoms with Crippen LogP contribution in [0.25, 0.3) is 0 Å². The van der Waals surface area contributed by atoms with Gasteiger partial charge in [-0.1, -0.05) is 44.2 Å². The van der Waals surface area contributed by atoms with Gasteiger partial charge in [0.25, 0.3) is 0 Å². The summed E-state index contributed by atoms with van der Waals surface area (Å²) in [5.74, 6) is 0. The minimum Gasteiger partial charge on any atom is -0.302 e. The van der Waals surface area contributed by atoms with Crippen molar-refractivity contribution >= 4 is 11.6 Å². The highest BCUT2D eigenvalue weighted by atomic mass is 35.5. The minimum atomic E-state index is 0.110. The Morgan fingerprint density at radius 1 is 1.06 bits per heavy atom. The van der Waals surface area contributed by atoms with E-state index in [9.17, 15) is 0 Å². The van der Waals surface area contributed by atoms with Gasteiger partial charge in [0, 0.05) is 6.54 Å². The Hall–Kier alpha value is -0.530. The van der Waals surface area contributed by atoms with Crippen LogP contribution < -0.4 is 0 Å². The van der Waals surface area contributed by atoms with Gasteiger partial charge in [0.15, 0.2) is 0 Å². The van der Waals surface area contributed by atoms with Crippen LogP contribution in [0.15, 0.2) is 30.3 Å². The lowest BCUT2D eigenvalue weighted by Crippen LogP contribution is -2.28. The summed E-state index contributed by atoms with van der Waals surface area (Å²) in [7, 11) is 0. The van der Waals surface area contributed by atoms with Gasteiger partial charge < -0.3 is 4.90 Å². The summed E-state index contributed by atoms with van der Waals surface area (Å²) in [6.45, 7) is 7.67. The molecule has 0 N–H and O–H groups in total. The molecule has 0 saturated heterocycles. The normalized spacial score (nSPS) is 13.0. The molecule has 0 aromatic heterocycles. The second-order valence-electron chi connectivity index (χ2n) is 4.18. The lowest BCUT2D eigenvalue weighted by molar-refractivity contribution is 0.275. The average molecular weight is 240 g/mol. The van der Waals surface area contributed by atoms with Crippen molar-refractivity contribution in [1.29, 1.82) is 0 Å². The molecule has 0 saturated carbocycles. The van der Waals surface area contributed by atoms with Crippen LogP contribution in [0.4, 0.5) is 0 Å². The van der Waals surface area contributed by atoms with Gasteiger partial charge in [-0.25, -0.2) is 0 Å². The van der Waals surface area contributed by atoms with Crippen LogP contribution in [-0.4, -0.2) is 24.5 Å². The molecule has 1 nitrogen and oxygen atoms in total. The van der Waals surface area contributed by atoms with Crippen molar-refractivity contribution in [3.63, 3.8) is 0 Å². The summed E-state index contributed by atoms with van der Waals surface area (Å²) >= 11 is 6.43. The van der Waals surface area contributed by atoms with E-state index in [-0.39, 0.29) is 5.38 Å². The lowest BCUT2D eigenvalue weighted by Gasteiger charge is -2.23. The first-order valence-corrected chi connectivity index (χ1v) is 6.63. The zero-order chi connectivity index (χ0) is 11.8. The molecule has 0 amide bonds. The summed E-state index contributed by atoms with van der Waals surface area (Å²) in [6, 6.07) is 10.3. The molecular weight excluding hydrogens is 218 g/mol. The standard InChI is InChI=1S/C14H22ClN/c1-3-10-16(11-4-2)12-14(15)13-8-6-5-7-9-13/h5-9,14H,3-4,10-12H2,1-2H3. The Morgan fingerprint density at radius 2 is 1.62 bits per heavy atom. The summed E-state index contributed by atoms with van der Waals surface area (Å²) in [5.41, 5.74) is 1.22. The number of hydrogen-bond donors (Lipinski definition) is 0. The van der Waals surface area contributed by atoms with E-state index in [1.54, 1.807) is 0 Å². The van der Waals surface area contributed by atoms with Gasteiger partial charge in [0.05, 0.1) is 5.38 Å². The first-order chi connectivity index (χ1) is 7.77. The third kappa shape index (κ3) is 4.54. The minimum absolute atomic E-state index is 0.110. The van der Waals surface area contributed by atoms with E-state index < -0.39 is 0 Å². The summed E-state index contributed by atoms with van der Waals surface area (Å²) in [6.07, 6.45) is 2.39. The third-order valence-electron chi connectivity index (χ3n) is 2.66. The van der Waals surface area contributed by atoms with E-state index >= 15 is 0 Å². The molecule has 1 unspecified atom stereocenters. The van der Waals surface area contributed by atoms with Gasteiger partial charge in [-0.15, -0.1) is 11.6 Å². The van der Waals surface area contributed by atoms with Crippen LogP contribution in [-0.2, 0) is 0 Å². The molecule has 90 valence electrons. The smallest absolute Gasteiger partial charge is 0.0712 e. The molecule has 0 aliphatic carbocycles. The van der Waals surface area contributed by atoms with Gasteiger partial charge in [-0.3, -0.25) is 0 Å². The molecule has 0 fully saturated rings. The van der Waals surface area contributed by atoms with Gasteiger partial charge in [-0.05, 0) is 31.5 Å². The van der Waals surface area contributed by atoms with Crippen molar-refractivity contribution in [2.45, 2.75) is 32.1 Å². The highest BCUT2D eigenvalue weighted by molar-refractivity contribution is 6.21. The largest absolute Gasteiger partial charge is 0.302 e. The highest BCUT2D eigenvalue weighted by Crippen LogP contribution is 2.21. The van der Waals surface area contributed by atoms with Gasteiger partial charge >= 0.3 is 0 Å². The zero-order valence-electron chi connectivity index (χ0n) is 10.3. The second-order valence-corrected chi connectivity index (χ2v) is 4.71. The maximum absolute atomic E-state index is 6.43. The first-order valence-electron chi connectivity index (χ1n) is 6.19. The Morgan fingerprint density at radius 3 is 2.12 bits per heavy atom. The maximum atomic E-state index is 6.43. The molecule has 1 aromatic rings. The van der Waals surface area contributed by atoms with Crippen molar-refractivity contribution in [1.82, 2.24) is 4.90 Å². The molecule has 1 rings (SSSR count). The van der Waals surface area contributed by atoms with Crippen molar-refractivity contribution in [3.8, 4) is 0 Å². The van der Waals surface area contributed by atoms with Crippen molar-refractivity contribution < 1.29 is 0 Å². The molecular formula is C14H22ClN. The molecule has 0 radical (unpaired) electrons.